The largest absolute Gasteiger partial charge is 0.346 e. The monoisotopic (exact) mass is 374 g/mol. The number of nitrogens with zero attached hydrogens (tertiary/aromatic N) is 2. The fourth-order valence-electron chi connectivity index (χ4n) is 2.17. The van der Waals surface area contributed by atoms with E-state index in [9.17, 15) is 4.57 Å². The van der Waals surface area contributed by atoms with E-state index in [0.717, 1.165) is 4.67 Å². The Kier molecular flexibility index (Phi) is 3.49. The molecule has 1 saturated heterocycles. The smallest absolute Gasteiger partial charge is 0.306 e. The van der Waals surface area contributed by atoms with Gasteiger partial charge < -0.3 is 4.52 Å². The average molecular weight is 375 g/mol. The highest BCUT2D eigenvalue weighted by Crippen LogP contribution is 2.59. The fourth-order valence-corrected chi connectivity index (χ4v) is 4.41. The SMILES string of the molecule is [2H]C1([2H])CCN(C(C)c2ccccc2)P(=O)(N(C([2H])([2H])C([2H])([2H])Cl)C([2H])([2H])C([2H])([2H])Cl)O1. The van der Waals surface area contributed by atoms with Gasteiger partial charge in [-0.3, -0.25) is 4.57 Å². The molecule has 0 aromatic heterocycles. The van der Waals surface area contributed by atoms with Gasteiger partial charge >= 0.3 is 7.67 Å². The fraction of sp³-hybridized carbons (Fsp3) is 0.600. The van der Waals surface area contributed by atoms with E-state index >= 15 is 0 Å². The van der Waals surface area contributed by atoms with Crippen molar-refractivity contribution in [2.45, 2.75) is 19.4 Å². The summed E-state index contributed by atoms with van der Waals surface area (Å²) in [6, 6.07) is 7.50. The van der Waals surface area contributed by atoms with Gasteiger partial charge in [0.2, 0.25) is 0 Å². The maximum Gasteiger partial charge on any atom is 0.346 e. The zero-order valence-electron chi connectivity index (χ0n) is 21.8. The molecule has 124 valence electrons. The van der Waals surface area contributed by atoms with E-state index in [1.165, 1.54) is 0 Å². The quantitative estimate of drug-likeness (QED) is 0.524. The minimum Gasteiger partial charge on any atom is -0.306 e. The van der Waals surface area contributed by atoms with Crippen LogP contribution in [0, 0.1) is 0 Å². The predicted octanol–water partition coefficient (Wildman–Crippen LogP) is 4.36. The zero-order valence-corrected chi connectivity index (χ0v) is 14.2. The third kappa shape index (κ3) is 4.05. The third-order valence-electron chi connectivity index (χ3n) is 3.23. The summed E-state index contributed by atoms with van der Waals surface area (Å²) in [7, 11) is -5.22. The summed E-state index contributed by atoms with van der Waals surface area (Å²) in [5, 5.41) is 0. The molecule has 2 unspecified atom stereocenters. The normalized spacial score (nSPS) is 36.2. The Morgan fingerprint density at radius 2 is 2.05 bits per heavy atom. The first-order valence-corrected chi connectivity index (χ1v) is 8.79. The van der Waals surface area contributed by atoms with Crippen LogP contribution in [-0.4, -0.2) is 47.1 Å². The average Bonchev–Trinajstić information content (AvgIpc) is 2.58. The molecule has 0 radical (unpaired) electrons. The molecule has 0 saturated carbocycles. The number of alkyl halides is 2. The Morgan fingerprint density at radius 3 is 2.64 bits per heavy atom. The van der Waals surface area contributed by atoms with Crippen molar-refractivity contribution in [2.75, 3.05) is 37.8 Å². The van der Waals surface area contributed by atoms with Crippen LogP contribution in [0.5, 0.6) is 0 Å². The van der Waals surface area contributed by atoms with E-state index in [4.69, 9.17) is 41.4 Å². The van der Waals surface area contributed by atoms with Crippen molar-refractivity contribution >= 4 is 30.9 Å². The summed E-state index contributed by atoms with van der Waals surface area (Å²) in [5.74, 6) is -6.82. The molecule has 1 aliphatic rings. The maximum atomic E-state index is 14.3. The molecule has 1 fully saturated rings. The molecule has 0 spiro atoms. The van der Waals surface area contributed by atoms with Crippen molar-refractivity contribution in [3.63, 3.8) is 0 Å². The van der Waals surface area contributed by atoms with Crippen LogP contribution in [-0.2, 0) is 9.09 Å². The Balaban J connectivity index is 2.81. The van der Waals surface area contributed by atoms with Crippen LogP contribution >= 0.6 is 30.9 Å². The lowest BCUT2D eigenvalue weighted by Gasteiger charge is -2.43. The van der Waals surface area contributed by atoms with Crippen LogP contribution in [0.2, 0.25) is 0 Å². The summed E-state index contributed by atoms with van der Waals surface area (Å²) in [4.78, 5) is 0. The summed E-state index contributed by atoms with van der Waals surface area (Å²) in [6.45, 7) is -8.72. The van der Waals surface area contributed by atoms with Crippen LogP contribution in [0.25, 0.3) is 0 Å². The number of benzene rings is 1. The molecule has 0 aliphatic carbocycles. The second-order valence-electron chi connectivity index (χ2n) is 4.45. The van der Waals surface area contributed by atoms with E-state index in [0.29, 0.717) is 5.56 Å². The summed E-state index contributed by atoms with van der Waals surface area (Å²) in [6.07, 6.45) is -0.324. The van der Waals surface area contributed by atoms with E-state index in [1.54, 1.807) is 37.3 Å². The number of hydrogen-bond acceptors (Lipinski definition) is 2. The van der Waals surface area contributed by atoms with Crippen LogP contribution < -0.4 is 0 Å². The van der Waals surface area contributed by atoms with Crippen LogP contribution in [0.15, 0.2) is 30.3 Å². The van der Waals surface area contributed by atoms with Crippen molar-refractivity contribution in [1.82, 2.24) is 9.34 Å². The number of halogens is 2. The van der Waals surface area contributed by atoms with Gasteiger partial charge in [0.15, 0.2) is 0 Å². The van der Waals surface area contributed by atoms with Gasteiger partial charge in [-0.05, 0) is 18.9 Å². The summed E-state index contributed by atoms with van der Waals surface area (Å²) in [5.41, 5.74) is 0.544. The molecular weight excluding hydrogens is 342 g/mol. The molecule has 0 N–H and O–H groups in total. The van der Waals surface area contributed by atoms with Gasteiger partial charge in [-0.2, -0.15) is 0 Å². The van der Waals surface area contributed by atoms with Gasteiger partial charge in [-0.1, -0.05) is 30.3 Å². The lowest BCUT2D eigenvalue weighted by atomic mass is 10.1. The Morgan fingerprint density at radius 1 is 1.41 bits per heavy atom. The van der Waals surface area contributed by atoms with Crippen molar-refractivity contribution in [1.29, 1.82) is 0 Å². The van der Waals surface area contributed by atoms with Crippen LogP contribution in [0.3, 0.4) is 0 Å². The molecule has 0 amide bonds. The van der Waals surface area contributed by atoms with E-state index < -0.39 is 44.9 Å². The summed E-state index contributed by atoms with van der Waals surface area (Å²) >= 11 is 11.1. The van der Waals surface area contributed by atoms with Crippen molar-refractivity contribution in [3.8, 4) is 0 Å². The zero-order chi connectivity index (χ0) is 25.0. The molecule has 1 aliphatic heterocycles. The molecule has 1 aromatic rings. The molecular formula is C15H23Cl2N2O2P. The van der Waals surface area contributed by atoms with Gasteiger partial charge in [0, 0.05) is 48.2 Å². The molecule has 2 rings (SSSR count). The third-order valence-corrected chi connectivity index (χ3v) is 5.67. The van der Waals surface area contributed by atoms with Gasteiger partial charge in [-0.25, -0.2) is 9.34 Å². The Labute approximate surface area is 156 Å². The molecule has 7 heteroatoms. The molecule has 1 heterocycles. The number of hydrogen-bond donors (Lipinski definition) is 0. The van der Waals surface area contributed by atoms with Crippen molar-refractivity contribution < 1.29 is 22.8 Å². The van der Waals surface area contributed by atoms with E-state index in [1.807, 2.05) is 0 Å². The van der Waals surface area contributed by atoms with Crippen molar-refractivity contribution in [2.24, 2.45) is 0 Å². The van der Waals surface area contributed by atoms with Crippen LogP contribution in [0.1, 0.15) is 38.7 Å². The first-order valence-electron chi connectivity index (χ1n) is 11.5. The second-order valence-corrected chi connectivity index (χ2v) is 6.91. The van der Waals surface area contributed by atoms with Crippen LogP contribution in [0.4, 0.5) is 0 Å². The van der Waals surface area contributed by atoms with E-state index in [2.05, 4.69) is 0 Å². The lowest BCUT2D eigenvalue weighted by molar-refractivity contribution is 0.148. The summed E-state index contributed by atoms with van der Waals surface area (Å²) < 4.78 is 99.7. The topological polar surface area (TPSA) is 32.8 Å². The highest BCUT2D eigenvalue weighted by Gasteiger charge is 2.43. The Hall–Kier alpha value is -0.0900. The Bertz CT molecular complexity index is 840. The maximum absolute atomic E-state index is 14.3. The van der Waals surface area contributed by atoms with Gasteiger partial charge in [0.05, 0.1) is 9.30 Å². The van der Waals surface area contributed by atoms with Gasteiger partial charge in [-0.15, -0.1) is 23.2 Å². The molecule has 0 bridgehead atoms. The van der Waals surface area contributed by atoms with E-state index in [-0.39, 0.29) is 17.6 Å². The lowest BCUT2D eigenvalue weighted by Crippen LogP contribution is -2.40. The minimum absolute atomic E-state index is 0.306. The molecule has 22 heavy (non-hydrogen) atoms. The standard InChI is InChI=1S/C15H23Cl2N2O2P/c1-14(15-6-3-2-4-7-15)19-10-5-13-21-22(19,20)18(11-8-16)12-9-17/h2-4,6-7,14H,5,8-13H2,1H3/i8D2,9D2,11D2,12D2,13D2. The highest BCUT2D eigenvalue weighted by atomic mass is 35.5. The number of rotatable bonds is 7. The molecule has 1 aromatic carbocycles. The highest BCUT2D eigenvalue weighted by molar-refractivity contribution is 7.54. The first-order chi connectivity index (χ1) is 14.2. The van der Waals surface area contributed by atoms with Gasteiger partial charge in [0.1, 0.15) is 0 Å². The predicted molar refractivity (Wildman–Crippen MR) is 92.8 cm³/mol. The minimum atomic E-state index is -5.22. The second kappa shape index (κ2) is 8.68. The molecule has 2 atom stereocenters. The first kappa shape index (κ1) is 8.84. The van der Waals surface area contributed by atoms with Crippen molar-refractivity contribution in [3.05, 3.63) is 35.9 Å². The van der Waals surface area contributed by atoms with Gasteiger partial charge in [0.25, 0.3) is 0 Å². The molecule has 4 nitrogen and oxygen atoms in total.